The molecule has 0 radical (unpaired) electrons. The molecule has 1 aliphatic heterocycles. The third kappa shape index (κ3) is 18.7. The lowest BCUT2D eigenvalue weighted by Crippen LogP contribution is -2.53. The Bertz CT molecular complexity index is 1560. The fraction of sp³-hybridized carbons (Fsp3) is 0.818. The number of aliphatic hydroxyl groups is 2. The lowest BCUT2D eigenvalue weighted by atomic mass is 9.81. The second kappa shape index (κ2) is 24.8. The Morgan fingerprint density at radius 2 is 1.15 bits per heavy atom. The van der Waals surface area contributed by atoms with Crippen LogP contribution in [0.4, 0.5) is 0 Å². The van der Waals surface area contributed by atoms with Crippen LogP contribution in [0, 0.1) is 41.4 Å². The first-order valence-corrected chi connectivity index (χ1v) is 34.0. The highest BCUT2D eigenvalue weighted by Crippen LogP contribution is 2.44. The van der Waals surface area contributed by atoms with Gasteiger partial charge in [0.05, 0.1) is 43.2 Å². The van der Waals surface area contributed by atoms with E-state index in [-0.39, 0.29) is 93.7 Å². The molecule has 1 fully saturated rings. The molecule has 1 heterocycles. The first-order valence-electron chi connectivity index (χ1n) is 25.2. The van der Waals surface area contributed by atoms with Crippen LogP contribution in [0.15, 0.2) is 60.8 Å². The average Bonchev–Trinajstić information content (AvgIpc) is 3.15. The molecule has 0 saturated carbocycles. The van der Waals surface area contributed by atoms with E-state index in [0.29, 0.717) is 0 Å². The molecule has 0 unspecified atom stereocenters. The van der Waals surface area contributed by atoms with Crippen molar-refractivity contribution in [3.05, 3.63) is 60.8 Å². The van der Waals surface area contributed by atoms with Crippen molar-refractivity contribution in [1.29, 1.82) is 0 Å². The molecule has 0 aliphatic carbocycles. The van der Waals surface area contributed by atoms with Crippen molar-refractivity contribution in [2.24, 2.45) is 41.4 Å². The molecule has 0 spiro atoms. The Balaban J connectivity index is 3.63. The maximum absolute atomic E-state index is 11.7. The van der Waals surface area contributed by atoms with Gasteiger partial charge < -0.3 is 33.0 Å². The van der Waals surface area contributed by atoms with Crippen molar-refractivity contribution in [2.75, 3.05) is 6.61 Å². The van der Waals surface area contributed by atoms with Crippen LogP contribution >= 0.6 is 0 Å². The van der Waals surface area contributed by atoms with Crippen LogP contribution in [0.1, 0.15) is 144 Å². The van der Waals surface area contributed by atoms with E-state index in [1.807, 2.05) is 32.1 Å². The fourth-order valence-electron chi connectivity index (χ4n) is 8.48. The minimum Gasteiger partial charge on any atom is -0.413 e. The van der Waals surface area contributed by atoms with Gasteiger partial charge in [0.1, 0.15) is 0 Å². The van der Waals surface area contributed by atoms with E-state index in [9.17, 15) is 10.2 Å². The third-order valence-corrected chi connectivity index (χ3v) is 29.2. The molecule has 13 atom stereocenters. The molecule has 380 valence electrons. The van der Waals surface area contributed by atoms with Gasteiger partial charge in [0.15, 0.2) is 30.7 Å². The van der Waals surface area contributed by atoms with Crippen molar-refractivity contribution >= 4 is 25.0 Å². The van der Waals surface area contributed by atoms with Crippen LogP contribution in [-0.2, 0) is 22.8 Å². The summed E-state index contributed by atoms with van der Waals surface area (Å²) in [5.41, 5.74) is 1.32. The average molecular weight is 964 g/mol. The quantitative estimate of drug-likeness (QED) is 0.0566. The molecule has 1 saturated heterocycles. The van der Waals surface area contributed by atoms with Gasteiger partial charge >= 0.3 is 0 Å². The summed E-state index contributed by atoms with van der Waals surface area (Å²) in [6, 6.07) is 0. The Labute approximate surface area is 406 Å². The smallest absolute Gasteiger partial charge is 0.192 e. The SMILES string of the molecule is C=C/C=C\[C@H](C)[C@H](O)[C@@H](C)[C@H](O[Si](C)(C)C(C)(C)C)[C@@H](C)C/C(C)=C\[C@H](C)[C@@H](O[Si](C)(C)C(C)(C)C)[C@@H](C)/C=C\[C@@H]1C[C@@H]([C@H](C)[C@H](O[Si](C)(C)C(C)(C)C)[C@@H](C)/C=C\CO)OC(C)(C)O1. The summed E-state index contributed by atoms with van der Waals surface area (Å²) in [6.07, 6.45) is 17.3. The van der Waals surface area contributed by atoms with Gasteiger partial charge in [-0.2, -0.15) is 0 Å². The topological polar surface area (TPSA) is 86.6 Å². The molecule has 2 N–H and O–H groups in total. The normalized spacial score (nSPS) is 24.1. The van der Waals surface area contributed by atoms with Crippen LogP contribution < -0.4 is 0 Å². The standard InChI is InChI=1S/C55H106O7Si3/c1-27-28-30-39(3)48(57)45(9)51(62-65(25,26)54(16,17)18)43(7)36-38(2)35-42(6)49(60-63(21,22)52(10,11)12)41(5)32-33-46-37-47(59-55(19,20)58-46)44(8)50(40(4)31-29-34-56)61-64(23,24)53(13,14)15/h27-33,35,39-51,56-57H,1,34,36-37H2,2-26H3/b30-28-,31-29-,33-32-,38-35-/t39-,40-,41-,42-,43-,44-,45+,46+,47-,48-,49-,50+,51+/m0/s1. The van der Waals surface area contributed by atoms with Gasteiger partial charge in [0.25, 0.3) is 0 Å². The second-order valence-corrected chi connectivity index (χ2v) is 39.7. The van der Waals surface area contributed by atoms with Crippen molar-refractivity contribution in [1.82, 2.24) is 0 Å². The van der Waals surface area contributed by atoms with Gasteiger partial charge in [-0.1, -0.05) is 172 Å². The summed E-state index contributed by atoms with van der Waals surface area (Å²) < 4.78 is 35.2. The molecule has 65 heavy (non-hydrogen) atoms. The van der Waals surface area contributed by atoms with Crippen molar-refractivity contribution in [2.45, 2.75) is 241 Å². The predicted molar refractivity (Wildman–Crippen MR) is 288 cm³/mol. The molecule has 0 bridgehead atoms. The van der Waals surface area contributed by atoms with E-state index in [2.05, 4.69) is 188 Å². The number of ether oxygens (including phenoxy) is 2. The third-order valence-electron chi connectivity index (χ3n) is 15.8. The maximum atomic E-state index is 11.7. The Kier molecular flexibility index (Phi) is 23.6. The highest BCUT2D eigenvalue weighted by atomic mass is 28.4. The van der Waals surface area contributed by atoms with Gasteiger partial charge in [-0.05, 0) is 105 Å². The van der Waals surface area contributed by atoms with E-state index in [1.165, 1.54) is 5.57 Å². The minimum absolute atomic E-state index is 0.0102. The molecular weight excluding hydrogens is 857 g/mol. The number of hydrogen-bond acceptors (Lipinski definition) is 7. The van der Waals surface area contributed by atoms with E-state index in [1.54, 1.807) is 6.08 Å². The van der Waals surface area contributed by atoms with Gasteiger partial charge in [-0.3, -0.25) is 0 Å². The number of rotatable bonds is 24. The zero-order chi connectivity index (χ0) is 50.9. The first kappa shape index (κ1) is 62.1. The van der Waals surface area contributed by atoms with Gasteiger partial charge in [-0.25, -0.2) is 0 Å². The Morgan fingerprint density at radius 1 is 0.692 bits per heavy atom. The highest BCUT2D eigenvalue weighted by Gasteiger charge is 2.47. The van der Waals surface area contributed by atoms with Crippen molar-refractivity contribution in [3.8, 4) is 0 Å². The van der Waals surface area contributed by atoms with Gasteiger partial charge in [0, 0.05) is 24.2 Å². The molecule has 0 amide bonds. The Hall–Kier alpha value is -0.929. The zero-order valence-electron chi connectivity index (χ0n) is 46.9. The van der Waals surface area contributed by atoms with Crippen LogP contribution in [0.3, 0.4) is 0 Å². The van der Waals surface area contributed by atoms with Crippen LogP contribution in [0.2, 0.25) is 54.4 Å². The number of hydrogen-bond donors (Lipinski definition) is 2. The molecule has 1 aliphatic rings. The molecule has 0 aromatic rings. The maximum Gasteiger partial charge on any atom is 0.192 e. The summed E-state index contributed by atoms with van der Waals surface area (Å²) >= 11 is 0. The minimum atomic E-state index is -2.17. The van der Waals surface area contributed by atoms with E-state index >= 15 is 0 Å². The van der Waals surface area contributed by atoms with E-state index in [0.717, 1.165) is 12.8 Å². The summed E-state index contributed by atoms with van der Waals surface area (Å²) in [4.78, 5) is 0. The molecule has 0 aromatic carbocycles. The van der Waals surface area contributed by atoms with E-state index in [4.69, 9.17) is 22.8 Å². The van der Waals surface area contributed by atoms with E-state index < -0.39 is 36.8 Å². The van der Waals surface area contributed by atoms with Crippen LogP contribution in [0.25, 0.3) is 0 Å². The van der Waals surface area contributed by atoms with Crippen LogP contribution in [-0.4, -0.2) is 84.2 Å². The zero-order valence-corrected chi connectivity index (χ0v) is 49.9. The summed E-state index contributed by atoms with van der Waals surface area (Å²) in [5.74, 6) is -0.229. The summed E-state index contributed by atoms with van der Waals surface area (Å²) in [6.45, 7) is 60.5. The molecule has 1 rings (SSSR count). The van der Waals surface area contributed by atoms with Crippen molar-refractivity contribution < 1.29 is 33.0 Å². The number of aliphatic hydroxyl groups excluding tert-OH is 2. The summed E-state index contributed by atoms with van der Waals surface area (Å²) in [5, 5.41) is 21.5. The predicted octanol–water partition coefficient (Wildman–Crippen LogP) is 15.1. The largest absolute Gasteiger partial charge is 0.413 e. The monoisotopic (exact) mass is 963 g/mol. The highest BCUT2D eigenvalue weighted by molar-refractivity contribution is 6.75. The first-order chi connectivity index (χ1) is 29.3. The van der Waals surface area contributed by atoms with Gasteiger partial charge in [0.2, 0.25) is 0 Å². The molecule has 0 aromatic heterocycles. The van der Waals surface area contributed by atoms with Crippen LogP contribution in [0.5, 0.6) is 0 Å². The van der Waals surface area contributed by atoms with Crippen molar-refractivity contribution in [3.63, 3.8) is 0 Å². The molecule has 7 nitrogen and oxygen atoms in total. The number of allylic oxidation sites excluding steroid dienone is 3. The second-order valence-electron chi connectivity index (χ2n) is 25.4. The molecule has 10 heteroatoms. The molecular formula is C55H106O7Si3. The Morgan fingerprint density at radius 3 is 1.62 bits per heavy atom. The lowest BCUT2D eigenvalue weighted by molar-refractivity contribution is -0.302. The lowest BCUT2D eigenvalue weighted by Gasteiger charge is -2.47. The fourth-order valence-corrected chi connectivity index (χ4v) is 12.9. The van der Waals surface area contributed by atoms with Gasteiger partial charge in [-0.15, -0.1) is 0 Å². The summed E-state index contributed by atoms with van der Waals surface area (Å²) in [7, 11) is -6.46.